The highest BCUT2D eigenvalue weighted by atomic mass is 35.5. The molecule has 4 saturated carbocycles. The third kappa shape index (κ3) is 5.01. The summed E-state index contributed by atoms with van der Waals surface area (Å²) in [7, 11) is 0. The molecule has 0 spiro atoms. The summed E-state index contributed by atoms with van der Waals surface area (Å²) in [6.07, 6.45) is 6.26. The molecular formula is C31H33ClFN3O2S. The summed E-state index contributed by atoms with van der Waals surface area (Å²) in [6, 6.07) is 16.8. The van der Waals surface area contributed by atoms with Crippen molar-refractivity contribution in [3.63, 3.8) is 0 Å². The lowest BCUT2D eigenvalue weighted by atomic mass is 9.50. The number of hydrogen-bond donors (Lipinski definition) is 2. The molecule has 39 heavy (non-hydrogen) atoms. The Balaban J connectivity index is 0.00000277. The Labute approximate surface area is 238 Å². The molecule has 0 radical (unpaired) electrons. The normalized spacial score (nSPS) is 28.2. The molecule has 8 rings (SSSR count). The van der Waals surface area contributed by atoms with Crippen LogP contribution < -0.4 is 10.6 Å². The fourth-order valence-corrected chi connectivity index (χ4v) is 8.80. The number of nitrogens with zero attached hydrogens (tertiary/aromatic N) is 1. The Morgan fingerprint density at radius 3 is 2.38 bits per heavy atom. The Kier molecular flexibility index (Phi) is 6.81. The molecule has 3 aromatic rings. The van der Waals surface area contributed by atoms with E-state index in [1.54, 1.807) is 17.4 Å². The molecule has 2 unspecified atom stereocenters. The largest absolute Gasteiger partial charge is 0.347 e. The van der Waals surface area contributed by atoms with Crippen LogP contribution in [0.2, 0.25) is 0 Å². The first kappa shape index (κ1) is 26.5. The lowest BCUT2D eigenvalue weighted by molar-refractivity contribution is -0.132. The number of carbonyl (C=O) groups is 2. The zero-order valence-corrected chi connectivity index (χ0v) is 23.4. The van der Waals surface area contributed by atoms with E-state index in [0.717, 1.165) is 48.8 Å². The van der Waals surface area contributed by atoms with E-state index in [1.165, 1.54) is 23.4 Å². The predicted molar refractivity (Wildman–Crippen MR) is 153 cm³/mol. The summed E-state index contributed by atoms with van der Waals surface area (Å²) in [6.45, 7) is 1.29. The van der Waals surface area contributed by atoms with E-state index in [4.69, 9.17) is 0 Å². The minimum Gasteiger partial charge on any atom is -0.347 e. The van der Waals surface area contributed by atoms with Gasteiger partial charge in [-0.25, -0.2) is 4.39 Å². The SMILES string of the molecule is Cl.O=C(NC12C[C@@H]3C[C@@H](CC(NCC(=O)N4Cc5ccc(F)cc5C4)(C3)C1)C2)c1ccc(-c2cccs2)cc1. The van der Waals surface area contributed by atoms with E-state index in [9.17, 15) is 14.0 Å². The van der Waals surface area contributed by atoms with Crippen molar-refractivity contribution in [3.05, 3.63) is 82.5 Å². The standard InChI is InChI=1S/C31H32FN3O2S.ClH/c32-26-8-7-24-17-35(18-25(24)11-26)28(36)16-33-30-12-20-10-21(13-30)15-31(14-20,19-30)34-29(37)23-5-3-22(4-6-23)27-2-1-9-38-27;/h1-9,11,20-21,33H,10,12-19H2,(H,34,37);1H/t20-,21+,30?,31?;. The van der Waals surface area contributed by atoms with Gasteiger partial charge in [0.2, 0.25) is 5.91 Å². The minimum absolute atomic E-state index is 0. The molecule has 4 atom stereocenters. The van der Waals surface area contributed by atoms with Crippen LogP contribution in [-0.4, -0.2) is 34.3 Å². The van der Waals surface area contributed by atoms with Crippen LogP contribution >= 0.6 is 23.7 Å². The number of benzene rings is 2. The van der Waals surface area contributed by atoms with Crippen LogP contribution in [-0.2, 0) is 17.9 Å². The molecular weight excluding hydrogens is 533 g/mol. The maximum absolute atomic E-state index is 13.6. The van der Waals surface area contributed by atoms with Crippen LogP contribution in [0.5, 0.6) is 0 Å². The first-order chi connectivity index (χ1) is 18.4. The molecule has 8 heteroatoms. The monoisotopic (exact) mass is 565 g/mol. The predicted octanol–water partition coefficient (Wildman–Crippen LogP) is 5.93. The van der Waals surface area contributed by atoms with E-state index in [-0.39, 0.29) is 47.7 Å². The third-order valence-corrected chi connectivity index (χ3v) is 10.2. The summed E-state index contributed by atoms with van der Waals surface area (Å²) in [4.78, 5) is 29.5. The zero-order valence-electron chi connectivity index (χ0n) is 21.8. The third-order valence-electron chi connectivity index (χ3n) is 9.25. The van der Waals surface area contributed by atoms with Crippen LogP contribution in [0.3, 0.4) is 0 Å². The molecule has 2 aromatic carbocycles. The number of thiophene rings is 1. The van der Waals surface area contributed by atoms with Crippen molar-refractivity contribution in [2.75, 3.05) is 6.54 Å². The fraction of sp³-hybridized carbons (Fsp3) is 0.419. The molecule has 2 heterocycles. The highest BCUT2D eigenvalue weighted by Gasteiger charge is 2.58. The van der Waals surface area contributed by atoms with Crippen molar-refractivity contribution < 1.29 is 14.0 Å². The van der Waals surface area contributed by atoms with Crippen molar-refractivity contribution in [1.82, 2.24) is 15.5 Å². The molecule has 4 fully saturated rings. The maximum Gasteiger partial charge on any atom is 0.251 e. The van der Waals surface area contributed by atoms with Crippen LogP contribution in [0.25, 0.3) is 10.4 Å². The quantitative estimate of drug-likeness (QED) is 0.389. The van der Waals surface area contributed by atoms with E-state index >= 15 is 0 Å². The Bertz CT molecular complexity index is 1380. The molecule has 0 saturated heterocycles. The average molecular weight is 566 g/mol. The summed E-state index contributed by atoms with van der Waals surface area (Å²) < 4.78 is 13.6. The molecule has 1 aliphatic heterocycles. The summed E-state index contributed by atoms with van der Waals surface area (Å²) in [5, 5.41) is 9.22. The van der Waals surface area contributed by atoms with E-state index in [1.807, 2.05) is 35.2 Å². The van der Waals surface area contributed by atoms with E-state index in [2.05, 4.69) is 22.1 Å². The van der Waals surface area contributed by atoms with Gasteiger partial charge in [-0.15, -0.1) is 23.7 Å². The van der Waals surface area contributed by atoms with Gasteiger partial charge < -0.3 is 15.5 Å². The van der Waals surface area contributed by atoms with Crippen molar-refractivity contribution >= 4 is 35.6 Å². The molecule has 204 valence electrons. The second kappa shape index (κ2) is 10.0. The highest BCUT2D eigenvalue weighted by molar-refractivity contribution is 7.13. The molecule has 4 bridgehead atoms. The average Bonchev–Trinajstić information content (AvgIpc) is 3.57. The number of hydrogen-bond acceptors (Lipinski definition) is 4. The first-order valence-corrected chi connectivity index (χ1v) is 14.5. The van der Waals surface area contributed by atoms with Crippen LogP contribution in [0, 0.1) is 17.7 Å². The summed E-state index contributed by atoms with van der Waals surface area (Å²) in [5.41, 5.74) is 3.42. The molecule has 1 aromatic heterocycles. The van der Waals surface area contributed by atoms with Gasteiger partial charge in [0, 0.05) is 34.6 Å². The van der Waals surface area contributed by atoms with Crippen LogP contribution in [0.4, 0.5) is 4.39 Å². The number of halogens is 2. The van der Waals surface area contributed by atoms with Gasteiger partial charge in [0.15, 0.2) is 0 Å². The molecule has 5 nitrogen and oxygen atoms in total. The Morgan fingerprint density at radius 1 is 0.949 bits per heavy atom. The molecule has 2 N–H and O–H groups in total. The number of fused-ring (bicyclic) bond motifs is 1. The maximum atomic E-state index is 13.6. The summed E-state index contributed by atoms with van der Waals surface area (Å²) >= 11 is 1.70. The van der Waals surface area contributed by atoms with Crippen LogP contribution in [0.1, 0.15) is 60.0 Å². The van der Waals surface area contributed by atoms with Gasteiger partial charge in [0.1, 0.15) is 5.82 Å². The Hall–Kier alpha value is -2.74. The van der Waals surface area contributed by atoms with Crippen molar-refractivity contribution in [2.45, 2.75) is 62.7 Å². The molecule has 4 aliphatic carbocycles. The van der Waals surface area contributed by atoms with Gasteiger partial charge in [-0.1, -0.05) is 24.3 Å². The second-order valence-corrected chi connectivity index (χ2v) is 13.0. The van der Waals surface area contributed by atoms with Crippen LogP contribution in [0.15, 0.2) is 60.0 Å². The second-order valence-electron chi connectivity index (χ2n) is 12.0. The van der Waals surface area contributed by atoms with Gasteiger partial charge in [-0.05, 0) is 103 Å². The minimum atomic E-state index is -0.254. The fourth-order valence-electron chi connectivity index (χ4n) is 8.07. The lowest BCUT2D eigenvalue weighted by Gasteiger charge is -2.62. The number of rotatable bonds is 6. The van der Waals surface area contributed by atoms with Gasteiger partial charge >= 0.3 is 0 Å². The molecule has 5 aliphatic rings. The first-order valence-electron chi connectivity index (χ1n) is 13.6. The van der Waals surface area contributed by atoms with Crippen molar-refractivity contribution in [3.8, 4) is 10.4 Å². The number of carbonyl (C=O) groups excluding carboxylic acids is 2. The highest BCUT2D eigenvalue weighted by Crippen LogP contribution is 2.57. The van der Waals surface area contributed by atoms with Gasteiger partial charge in [0.25, 0.3) is 5.91 Å². The lowest BCUT2D eigenvalue weighted by Crippen LogP contribution is -2.69. The molecule has 2 amide bonds. The van der Waals surface area contributed by atoms with Gasteiger partial charge in [0.05, 0.1) is 6.54 Å². The topological polar surface area (TPSA) is 61.4 Å². The zero-order chi connectivity index (χ0) is 25.9. The summed E-state index contributed by atoms with van der Waals surface area (Å²) in [5.74, 6) is 0.938. The van der Waals surface area contributed by atoms with E-state index < -0.39 is 0 Å². The van der Waals surface area contributed by atoms with Gasteiger partial charge in [-0.2, -0.15) is 0 Å². The number of nitrogens with one attached hydrogen (secondary N) is 2. The number of amides is 2. The van der Waals surface area contributed by atoms with E-state index in [0.29, 0.717) is 30.5 Å². The Morgan fingerprint density at radius 2 is 1.67 bits per heavy atom. The smallest absolute Gasteiger partial charge is 0.251 e. The van der Waals surface area contributed by atoms with Gasteiger partial charge in [-0.3, -0.25) is 9.59 Å². The van der Waals surface area contributed by atoms with Crippen molar-refractivity contribution in [1.29, 1.82) is 0 Å². The van der Waals surface area contributed by atoms with Crippen molar-refractivity contribution in [2.24, 2.45) is 11.8 Å².